The quantitative estimate of drug-likeness (QED) is 0.323. The molecule has 3 nitrogen and oxygen atoms in total. The third-order valence-corrected chi connectivity index (χ3v) is 2.53. The molecule has 0 N–H and O–H groups in total. The van der Waals surface area contributed by atoms with Crippen LogP contribution >= 0.6 is 10.2 Å². The van der Waals surface area contributed by atoms with Gasteiger partial charge in [-0.05, 0) is 0 Å². The molecule has 0 unspecified atom stereocenters. The maximum absolute atomic E-state index is 12.1. The van der Waals surface area contributed by atoms with Crippen LogP contribution in [0.2, 0.25) is 0 Å². The summed E-state index contributed by atoms with van der Waals surface area (Å²) in [5, 5.41) is 10.1. The summed E-state index contributed by atoms with van der Waals surface area (Å²) in [6.07, 6.45) is 2.00. The molecule has 0 aliphatic heterocycles. The summed E-state index contributed by atoms with van der Waals surface area (Å²) >= 11 is 0. The zero-order valence-corrected chi connectivity index (χ0v) is 7.61. The second-order valence-electron chi connectivity index (χ2n) is 2.65. The predicted molar refractivity (Wildman–Crippen MR) is 44.1 cm³/mol. The minimum atomic E-state index is -9.85. The van der Waals surface area contributed by atoms with Crippen LogP contribution in [-0.2, 0) is 0 Å². The van der Waals surface area contributed by atoms with Crippen molar-refractivity contribution < 1.29 is 24.4 Å². The van der Waals surface area contributed by atoms with Gasteiger partial charge >= 0.3 is 15.9 Å². The molecule has 84 valence electrons. The first-order chi connectivity index (χ1) is 6.40. The Balaban J connectivity index is 3.31. The lowest BCUT2D eigenvalue weighted by molar-refractivity contribution is -0.419. The molecule has 0 amide bonds. The molecule has 0 heterocycles. The Morgan fingerprint density at radius 2 is 1.80 bits per heavy atom. The van der Waals surface area contributed by atoms with Gasteiger partial charge < -0.3 is 0 Å². The summed E-state index contributed by atoms with van der Waals surface area (Å²) in [6.45, 7) is 0. The third kappa shape index (κ3) is 2.74. The van der Waals surface area contributed by atoms with Crippen molar-refractivity contribution >= 4 is 10.2 Å². The van der Waals surface area contributed by atoms with Gasteiger partial charge in [0.15, 0.2) is 12.2 Å². The average molecular weight is 248 g/mol. The van der Waals surface area contributed by atoms with Gasteiger partial charge in [0.2, 0.25) is 4.91 Å². The topological polar surface area (TPSA) is 43.1 Å². The molecule has 0 bridgehead atoms. The van der Waals surface area contributed by atoms with E-state index in [1.807, 2.05) is 0 Å². The van der Waals surface area contributed by atoms with Crippen molar-refractivity contribution in [2.45, 2.75) is 0 Å². The van der Waals surface area contributed by atoms with E-state index in [1.54, 1.807) is 6.08 Å². The zero-order chi connectivity index (χ0) is 12.0. The average Bonchev–Trinajstić information content (AvgIpc) is 2.00. The maximum Gasteiger partial charge on any atom is 0.380 e. The summed E-state index contributed by atoms with van der Waals surface area (Å²) in [7, 11) is -9.85. The fourth-order valence-electron chi connectivity index (χ4n) is 0.766. The lowest BCUT2D eigenvalue weighted by Gasteiger charge is -2.37. The van der Waals surface area contributed by atoms with Crippen LogP contribution in [0.15, 0.2) is 28.8 Å². The Morgan fingerprint density at radius 1 is 1.27 bits per heavy atom. The van der Waals surface area contributed by atoms with Gasteiger partial charge in [-0.15, -0.1) is 0 Å². The normalized spacial score (nSPS) is 20.6. The summed E-state index contributed by atoms with van der Waals surface area (Å²) in [5.74, 6) is 0. The number of rotatable bonds is 2. The van der Waals surface area contributed by atoms with E-state index in [1.165, 1.54) is 0 Å². The highest BCUT2D eigenvalue weighted by atomic mass is 32.5. The number of hydrogen-bond acceptors (Lipinski definition) is 2. The second kappa shape index (κ2) is 2.37. The third-order valence-electron chi connectivity index (χ3n) is 1.40. The fourth-order valence-corrected chi connectivity index (χ4v) is 1.40. The molecular weight excluding hydrogens is 245 g/mol. The standard InChI is InChI=1S/C6H3F5NO2S/c7-15(8,9,10,11)6-3-1-2-5(4-6)12(13)14/h2-4H/q+1. The lowest BCUT2D eigenvalue weighted by atomic mass is 10.2. The highest BCUT2D eigenvalue weighted by Gasteiger charge is 2.71. The smallest absolute Gasteiger partial charge is 0.246 e. The van der Waals surface area contributed by atoms with Crippen molar-refractivity contribution in [2.75, 3.05) is 0 Å². The molecule has 1 rings (SSSR count). The van der Waals surface area contributed by atoms with Crippen LogP contribution in [-0.4, -0.2) is 4.92 Å². The van der Waals surface area contributed by atoms with Crippen molar-refractivity contribution in [3.63, 3.8) is 0 Å². The lowest BCUT2D eigenvalue weighted by Crippen LogP contribution is -2.10. The van der Waals surface area contributed by atoms with Gasteiger partial charge in [-0.25, -0.2) is 10.1 Å². The number of nitrogens with zero attached hydrogens (tertiary/aromatic N) is 1. The molecule has 0 aromatic carbocycles. The highest BCUT2D eigenvalue weighted by molar-refractivity contribution is 8.48. The summed E-state index contributed by atoms with van der Waals surface area (Å²) in [5.41, 5.74) is -1.08. The number of hydrogen-bond donors (Lipinski definition) is 0. The molecule has 0 atom stereocenters. The second-order valence-corrected chi connectivity index (χ2v) is 5.06. The van der Waals surface area contributed by atoms with E-state index >= 15 is 0 Å². The molecule has 0 saturated heterocycles. The van der Waals surface area contributed by atoms with Crippen molar-refractivity contribution in [1.29, 1.82) is 0 Å². The van der Waals surface area contributed by atoms with Crippen LogP contribution in [0, 0.1) is 16.2 Å². The Morgan fingerprint density at radius 3 is 2.20 bits per heavy atom. The summed E-state index contributed by atoms with van der Waals surface area (Å²) < 4.78 is 60.7. The highest BCUT2D eigenvalue weighted by Crippen LogP contribution is 3.02. The number of nitro groups is 1. The van der Waals surface area contributed by atoms with Crippen molar-refractivity contribution in [3.05, 3.63) is 45.0 Å². The van der Waals surface area contributed by atoms with Crippen molar-refractivity contribution in [1.82, 2.24) is 0 Å². The van der Waals surface area contributed by atoms with Crippen molar-refractivity contribution in [2.24, 2.45) is 0 Å². The SMILES string of the molecule is O=[N+]([O-])C1=CC(S(F)(F)(F)(F)F)=C[C+]=C1. The summed E-state index contributed by atoms with van der Waals surface area (Å²) in [6, 6.07) is 0. The van der Waals surface area contributed by atoms with Gasteiger partial charge in [-0.1, -0.05) is 19.4 Å². The van der Waals surface area contributed by atoms with E-state index in [0.29, 0.717) is 6.08 Å². The molecule has 1 aliphatic carbocycles. The number of allylic oxidation sites excluding steroid dienone is 4. The van der Waals surface area contributed by atoms with Crippen LogP contribution in [0.1, 0.15) is 0 Å². The van der Waals surface area contributed by atoms with E-state index in [2.05, 4.69) is 0 Å². The first-order valence-corrected chi connectivity index (χ1v) is 5.25. The van der Waals surface area contributed by atoms with Gasteiger partial charge in [0.25, 0.3) is 0 Å². The molecule has 0 aromatic rings. The first kappa shape index (κ1) is 11.6. The molecule has 0 fully saturated rings. The largest absolute Gasteiger partial charge is 0.380 e. The van der Waals surface area contributed by atoms with Gasteiger partial charge in [-0.2, -0.15) is 0 Å². The van der Waals surface area contributed by atoms with Crippen molar-refractivity contribution in [3.8, 4) is 0 Å². The Bertz CT molecular complexity index is 418. The van der Waals surface area contributed by atoms with E-state index < -0.39 is 25.7 Å². The molecular formula is C6H3F5NO2S+. The Kier molecular flexibility index (Phi) is 1.83. The molecule has 0 radical (unpaired) electrons. The van der Waals surface area contributed by atoms with Crippen LogP contribution in [0.5, 0.6) is 0 Å². The van der Waals surface area contributed by atoms with Gasteiger partial charge in [-0.3, -0.25) is 0 Å². The predicted octanol–water partition coefficient (Wildman–Crippen LogP) is 3.70. The van der Waals surface area contributed by atoms with Crippen LogP contribution in [0.4, 0.5) is 19.4 Å². The van der Waals surface area contributed by atoms with Gasteiger partial charge in [0, 0.05) is 6.08 Å². The molecule has 15 heavy (non-hydrogen) atoms. The monoisotopic (exact) mass is 248 g/mol. The fraction of sp³-hybridized carbons (Fsp3) is 0. The van der Waals surface area contributed by atoms with Crippen LogP contribution in [0.3, 0.4) is 0 Å². The minimum absolute atomic E-state index is 0.0193. The minimum Gasteiger partial charge on any atom is -0.246 e. The van der Waals surface area contributed by atoms with E-state index in [9.17, 15) is 29.5 Å². The molecule has 0 spiro atoms. The molecule has 9 heteroatoms. The Labute approximate surface area is 80.4 Å². The van der Waals surface area contributed by atoms with E-state index in [0.717, 1.165) is 0 Å². The zero-order valence-electron chi connectivity index (χ0n) is 6.79. The van der Waals surface area contributed by atoms with E-state index in [-0.39, 0.29) is 12.2 Å². The molecule has 0 aromatic heterocycles. The number of halogens is 5. The first-order valence-electron chi connectivity index (χ1n) is 3.30. The molecule has 0 saturated carbocycles. The van der Waals surface area contributed by atoms with Crippen LogP contribution < -0.4 is 0 Å². The molecule has 1 aliphatic rings. The summed E-state index contributed by atoms with van der Waals surface area (Å²) in [4.78, 5) is 6.55. The van der Waals surface area contributed by atoms with Gasteiger partial charge in [0.05, 0.1) is 0 Å². The van der Waals surface area contributed by atoms with Gasteiger partial charge in [0.1, 0.15) is 11.0 Å². The van der Waals surface area contributed by atoms with Crippen LogP contribution in [0.25, 0.3) is 0 Å². The van der Waals surface area contributed by atoms with E-state index in [4.69, 9.17) is 0 Å². The Hall–Kier alpha value is -1.47. The maximum atomic E-state index is 12.1.